The Bertz CT molecular complexity index is 817. The molecule has 23 heavy (non-hydrogen) atoms. The average Bonchev–Trinajstić information content (AvgIpc) is 3.23. The van der Waals surface area contributed by atoms with Gasteiger partial charge in [0.25, 0.3) is 0 Å². The fourth-order valence-corrected chi connectivity index (χ4v) is 2.64. The number of rotatable bonds is 4. The number of esters is 1. The summed E-state index contributed by atoms with van der Waals surface area (Å²) in [6.45, 7) is 0. The van der Waals surface area contributed by atoms with E-state index in [2.05, 4.69) is 32.3 Å². The number of benzene rings is 2. The van der Waals surface area contributed by atoms with Gasteiger partial charge in [-0.3, -0.25) is 10.9 Å². The lowest BCUT2D eigenvalue weighted by Gasteiger charge is -2.09. The van der Waals surface area contributed by atoms with Crippen molar-refractivity contribution in [3.8, 4) is 5.75 Å². The average molecular weight is 376 g/mol. The van der Waals surface area contributed by atoms with Crippen LogP contribution in [0.25, 0.3) is 10.8 Å². The van der Waals surface area contributed by atoms with Crippen LogP contribution in [0.5, 0.6) is 5.75 Å². The van der Waals surface area contributed by atoms with Gasteiger partial charge in [0.15, 0.2) is 5.70 Å². The maximum absolute atomic E-state index is 12.0. The summed E-state index contributed by atoms with van der Waals surface area (Å²) >= 11 is 3.45. The van der Waals surface area contributed by atoms with Crippen LogP contribution < -0.4 is 21.1 Å². The minimum absolute atomic E-state index is 0.0396. The number of carbonyl (C=O) groups is 1. The van der Waals surface area contributed by atoms with Gasteiger partial charge in [0.05, 0.1) is 0 Å². The van der Waals surface area contributed by atoms with E-state index < -0.39 is 5.97 Å². The summed E-state index contributed by atoms with van der Waals surface area (Å²) in [5.74, 6) is 0.501. The molecule has 0 aromatic heterocycles. The van der Waals surface area contributed by atoms with Crippen LogP contribution in [-0.2, 0) is 9.53 Å². The zero-order valence-corrected chi connectivity index (χ0v) is 13.6. The van der Waals surface area contributed by atoms with E-state index in [0.29, 0.717) is 11.6 Å². The number of ether oxygens (including phenoxy) is 2. The van der Waals surface area contributed by atoms with E-state index in [1.807, 2.05) is 36.4 Å². The van der Waals surface area contributed by atoms with E-state index in [1.54, 1.807) is 0 Å². The van der Waals surface area contributed by atoms with Gasteiger partial charge in [-0.05, 0) is 47.9 Å². The Kier molecular flexibility index (Phi) is 3.59. The van der Waals surface area contributed by atoms with Crippen LogP contribution in [0.1, 0.15) is 12.8 Å². The molecule has 1 aliphatic carbocycles. The highest BCUT2D eigenvalue weighted by Gasteiger charge is 2.31. The van der Waals surface area contributed by atoms with Gasteiger partial charge in [0.2, 0.25) is 5.88 Å². The maximum Gasteiger partial charge on any atom is 0.361 e. The van der Waals surface area contributed by atoms with Crippen LogP contribution in [0.15, 0.2) is 52.5 Å². The van der Waals surface area contributed by atoms with Gasteiger partial charge in [-0.25, -0.2) is 4.79 Å². The summed E-state index contributed by atoms with van der Waals surface area (Å²) in [7, 11) is 0. The number of hydrogen-bond donors (Lipinski definition) is 3. The van der Waals surface area contributed by atoms with Gasteiger partial charge in [0.1, 0.15) is 11.9 Å². The van der Waals surface area contributed by atoms with Gasteiger partial charge < -0.3 is 9.47 Å². The van der Waals surface area contributed by atoms with E-state index in [0.717, 1.165) is 28.1 Å². The fraction of sp³-hybridized carbons (Fsp3) is 0.188. The molecule has 1 aliphatic heterocycles. The zero-order valence-electron chi connectivity index (χ0n) is 12.1. The summed E-state index contributed by atoms with van der Waals surface area (Å²) < 4.78 is 12.1. The molecule has 0 atom stereocenters. The third-order valence-electron chi connectivity index (χ3n) is 3.59. The highest BCUT2D eigenvalue weighted by Crippen LogP contribution is 2.27. The number of hydrogen-bond acceptors (Lipinski definition) is 6. The van der Waals surface area contributed by atoms with Gasteiger partial charge in [-0.15, -0.1) is 5.53 Å². The van der Waals surface area contributed by atoms with Crippen molar-refractivity contribution in [2.24, 2.45) is 0 Å². The van der Waals surface area contributed by atoms with Crippen molar-refractivity contribution < 1.29 is 14.3 Å². The molecule has 3 N–H and O–H groups in total. The number of halogens is 1. The standard InChI is InChI=1S/C16H14BrN3O3/c17-11-3-1-10-8-13(4-2-9(10)7-11)22-15-14(18-20-19-15)16(21)23-12-5-6-12/h1-4,7-8,12,18-20H,5-6H2. The molecule has 0 radical (unpaired) electrons. The largest absolute Gasteiger partial charge is 0.458 e. The Labute approximate surface area is 140 Å². The maximum atomic E-state index is 12.0. The summed E-state index contributed by atoms with van der Waals surface area (Å²) in [4.78, 5) is 12.0. The predicted molar refractivity (Wildman–Crippen MR) is 87.8 cm³/mol. The molecule has 1 fully saturated rings. The molecule has 118 valence electrons. The molecule has 6 nitrogen and oxygen atoms in total. The van der Waals surface area contributed by atoms with Crippen molar-refractivity contribution in [2.45, 2.75) is 18.9 Å². The number of nitrogens with one attached hydrogen (secondary N) is 3. The van der Waals surface area contributed by atoms with E-state index in [9.17, 15) is 4.79 Å². The first-order valence-corrected chi connectivity index (χ1v) is 8.08. The third-order valence-corrected chi connectivity index (χ3v) is 4.08. The second kappa shape index (κ2) is 5.75. The highest BCUT2D eigenvalue weighted by molar-refractivity contribution is 9.10. The van der Waals surface area contributed by atoms with Crippen molar-refractivity contribution in [1.82, 2.24) is 16.4 Å². The smallest absolute Gasteiger partial charge is 0.361 e. The Morgan fingerprint density at radius 2 is 1.87 bits per heavy atom. The molecule has 0 amide bonds. The van der Waals surface area contributed by atoms with Crippen LogP contribution >= 0.6 is 15.9 Å². The second-order valence-electron chi connectivity index (χ2n) is 5.44. The molecule has 0 spiro atoms. The van der Waals surface area contributed by atoms with E-state index in [-0.39, 0.29) is 11.8 Å². The molecule has 2 aromatic rings. The van der Waals surface area contributed by atoms with E-state index in [1.165, 1.54) is 0 Å². The van der Waals surface area contributed by atoms with Gasteiger partial charge in [-0.2, -0.15) is 0 Å². The SMILES string of the molecule is O=C(OC1CC1)C1=C(Oc2ccc3cc(Br)ccc3c2)NNN1. The summed E-state index contributed by atoms with van der Waals surface area (Å²) in [5, 5.41) is 2.15. The van der Waals surface area contributed by atoms with Crippen molar-refractivity contribution in [1.29, 1.82) is 0 Å². The molecule has 0 bridgehead atoms. The van der Waals surface area contributed by atoms with Crippen LogP contribution in [-0.4, -0.2) is 12.1 Å². The normalized spacial score (nSPS) is 16.9. The Balaban J connectivity index is 1.58. The molecule has 4 rings (SSSR count). The highest BCUT2D eigenvalue weighted by atomic mass is 79.9. The van der Waals surface area contributed by atoms with Gasteiger partial charge in [-0.1, -0.05) is 28.1 Å². The first-order valence-electron chi connectivity index (χ1n) is 7.28. The summed E-state index contributed by atoms with van der Waals surface area (Å²) in [5.41, 5.74) is 8.39. The number of fused-ring (bicyclic) bond motifs is 1. The number of carbonyl (C=O) groups excluding carboxylic acids is 1. The topological polar surface area (TPSA) is 71.6 Å². The monoisotopic (exact) mass is 375 g/mol. The number of hydrazine groups is 2. The third kappa shape index (κ3) is 3.11. The quantitative estimate of drug-likeness (QED) is 0.713. The lowest BCUT2D eigenvalue weighted by atomic mass is 10.1. The molecule has 2 aromatic carbocycles. The van der Waals surface area contributed by atoms with Crippen LogP contribution in [0.4, 0.5) is 0 Å². The van der Waals surface area contributed by atoms with Crippen molar-refractivity contribution in [2.75, 3.05) is 0 Å². The molecule has 0 unspecified atom stereocenters. The first kappa shape index (κ1) is 14.3. The molecule has 0 saturated heterocycles. The summed E-state index contributed by atoms with van der Waals surface area (Å²) in [6.07, 6.45) is 1.89. The van der Waals surface area contributed by atoms with Gasteiger partial charge >= 0.3 is 5.97 Å². The second-order valence-corrected chi connectivity index (χ2v) is 6.35. The molecular formula is C16H14BrN3O3. The first-order chi connectivity index (χ1) is 11.2. The Hall–Kier alpha value is -2.25. The van der Waals surface area contributed by atoms with E-state index >= 15 is 0 Å². The van der Waals surface area contributed by atoms with Crippen LogP contribution in [0.2, 0.25) is 0 Å². The van der Waals surface area contributed by atoms with Gasteiger partial charge in [0, 0.05) is 4.47 Å². The molecule has 1 saturated carbocycles. The van der Waals surface area contributed by atoms with Crippen LogP contribution in [0, 0.1) is 0 Å². The van der Waals surface area contributed by atoms with Crippen LogP contribution in [0.3, 0.4) is 0 Å². The van der Waals surface area contributed by atoms with Crippen molar-refractivity contribution in [3.05, 3.63) is 52.5 Å². The Morgan fingerprint density at radius 1 is 1.09 bits per heavy atom. The van der Waals surface area contributed by atoms with Crippen molar-refractivity contribution in [3.63, 3.8) is 0 Å². The van der Waals surface area contributed by atoms with E-state index in [4.69, 9.17) is 9.47 Å². The zero-order chi connectivity index (χ0) is 15.8. The Morgan fingerprint density at radius 3 is 2.70 bits per heavy atom. The molecule has 2 aliphatic rings. The predicted octanol–water partition coefficient (Wildman–Crippen LogP) is 2.47. The fourth-order valence-electron chi connectivity index (χ4n) is 2.26. The molecular weight excluding hydrogens is 362 g/mol. The molecule has 7 heteroatoms. The summed E-state index contributed by atoms with van der Waals surface area (Å²) in [6, 6.07) is 11.7. The van der Waals surface area contributed by atoms with Crippen molar-refractivity contribution >= 4 is 32.7 Å². The minimum atomic E-state index is -0.426. The minimum Gasteiger partial charge on any atom is -0.458 e. The lowest BCUT2D eigenvalue weighted by Crippen LogP contribution is -2.34. The lowest BCUT2D eigenvalue weighted by molar-refractivity contribution is -0.140. The molecule has 1 heterocycles.